The summed E-state index contributed by atoms with van der Waals surface area (Å²) in [6, 6.07) is 13.4. The lowest BCUT2D eigenvalue weighted by molar-refractivity contribution is -0.0410. The van der Waals surface area contributed by atoms with Crippen molar-refractivity contribution in [3.05, 3.63) is 70.7 Å². The van der Waals surface area contributed by atoms with E-state index in [1.54, 1.807) is 18.2 Å². The molecule has 2 aromatic carbocycles. The van der Waals surface area contributed by atoms with Crippen LogP contribution in [0.5, 0.6) is 5.75 Å². The van der Waals surface area contributed by atoms with Gasteiger partial charge in [-0.05, 0) is 50.2 Å². The molecule has 0 aliphatic carbocycles. The summed E-state index contributed by atoms with van der Waals surface area (Å²) >= 11 is 12.4. The molecule has 1 aliphatic heterocycles. The Bertz CT molecular complexity index is 1110. The molecule has 0 unspecified atom stereocenters. The van der Waals surface area contributed by atoms with Crippen molar-refractivity contribution >= 4 is 28.9 Å². The van der Waals surface area contributed by atoms with Gasteiger partial charge in [0, 0.05) is 59.9 Å². The number of rotatable bonds is 10. The summed E-state index contributed by atoms with van der Waals surface area (Å²) in [4.78, 5) is 8.79. The largest absolute Gasteiger partial charge is 0.491 e. The van der Waals surface area contributed by atoms with Crippen LogP contribution in [-0.2, 0) is 12.1 Å². The molecule has 3 aromatic rings. The maximum Gasteiger partial charge on any atom is 0.137 e. The Morgan fingerprint density at radius 1 is 1.06 bits per heavy atom. The molecular formula is C26H33Cl2N5O3. The van der Waals surface area contributed by atoms with Crippen LogP contribution in [0.25, 0.3) is 0 Å². The normalized spacial score (nSPS) is 17.2. The lowest BCUT2D eigenvalue weighted by Gasteiger charge is -2.38. The molecule has 36 heavy (non-hydrogen) atoms. The SMILES string of the molecule is CC(C)N1CCN(c2ccc(OC[C@H](O)C[C@@](O)(Cn3cncn3)c3ccc(Cl)cc3Cl)cc2)CC1. The van der Waals surface area contributed by atoms with Crippen LogP contribution < -0.4 is 9.64 Å². The van der Waals surface area contributed by atoms with Crippen molar-refractivity contribution in [3.8, 4) is 5.75 Å². The molecule has 0 saturated carbocycles. The highest BCUT2D eigenvalue weighted by atomic mass is 35.5. The number of aromatic nitrogens is 3. The zero-order valence-electron chi connectivity index (χ0n) is 20.6. The average Bonchev–Trinajstić information content (AvgIpc) is 3.35. The maximum absolute atomic E-state index is 11.6. The quantitative estimate of drug-likeness (QED) is 0.409. The minimum Gasteiger partial charge on any atom is -0.491 e. The molecule has 1 aliphatic rings. The summed E-state index contributed by atoms with van der Waals surface area (Å²) in [5, 5.41) is 27.2. The molecule has 10 heteroatoms. The van der Waals surface area contributed by atoms with Crippen molar-refractivity contribution in [1.29, 1.82) is 0 Å². The van der Waals surface area contributed by atoms with Gasteiger partial charge in [-0.25, -0.2) is 9.67 Å². The van der Waals surface area contributed by atoms with Crippen molar-refractivity contribution < 1.29 is 14.9 Å². The smallest absolute Gasteiger partial charge is 0.137 e. The van der Waals surface area contributed by atoms with Crippen LogP contribution in [0.2, 0.25) is 10.0 Å². The molecule has 0 spiro atoms. The lowest BCUT2D eigenvalue weighted by Crippen LogP contribution is -2.48. The fourth-order valence-corrected chi connectivity index (χ4v) is 5.18. The predicted molar refractivity (Wildman–Crippen MR) is 142 cm³/mol. The third-order valence-corrected chi connectivity index (χ3v) is 7.13. The van der Waals surface area contributed by atoms with Crippen LogP contribution in [0, 0.1) is 0 Å². The molecule has 2 N–H and O–H groups in total. The predicted octanol–water partition coefficient (Wildman–Crippen LogP) is 3.83. The Morgan fingerprint density at radius 2 is 1.78 bits per heavy atom. The van der Waals surface area contributed by atoms with E-state index in [1.165, 1.54) is 17.3 Å². The fraction of sp³-hybridized carbons (Fsp3) is 0.462. The molecule has 4 rings (SSSR count). The number of halogens is 2. The molecule has 1 fully saturated rings. The van der Waals surface area contributed by atoms with Gasteiger partial charge in [0.1, 0.15) is 30.6 Å². The van der Waals surface area contributed by atoms with Crippen LogP contribution in [0.15, 0.2) is 55.1 Å². The second-order valence-corrected chi connectivity index (χ2v) is 10.4. The average molecular weight is 534 g/mol. The van der Waals surface area contributed by atoms with Gasteiger partial charge in [0.2, 0.25) is 0 Å². The summed E-state index contributed by atoms with van der Waals surface area (Å²) in [5.74, 6) is 0.656. The van der Waals surface area contributed by atoms with Gasteiger partial charge >= 0.3 is 0 Å². The summed E-state index contributed by atoms with van der Waals surface area (Å²) < 4.78 is 7.35. The van der Waals surface area contributed by atoms with Crippen molar-refractivity contribution in [1.82, 2.24) is 19.7 Å². The first-order valence-electron chi connectivity index (χ1n) is 12.1. The number of hydrogen-bond donors (Lipinski definition) is 2. The molecule has 194 valence electrons. The Balaban J connectivity index is 1.37. The summed E-state index contributed by atoms with van der Waals surface area (Å²) in [6.45, 7) is 8.63. The minimum absolute atomic E-state index is 0.0112. The third-order valence-electron chi connectivity index (χ3n) is 6.58. The van der Waals surface area contributed by atoms with E-state index in [-0.39, 0.29) is 19.6 Å². The van der Waals surface area contributed by atoms with Gasteiger partial charge in [-0.15, -0.1) is 0 Å². The minimum atomic E-state index is -1.51. The first kappa shape index (κ1) is 26.7. The number of nitrogens with zero attached hydrogens (tertiary/aromatic N) is 5. The molecule has 2 atom stereocenters. The molecule has 0 bridgehead atoms. The lowest BCUT2D eigenvalue weighted by atomic mass is 9.88. The van der Waals surface area contributed by atoms with Crippen LogP contribution in [0.4, 0.5) is 5.69 Å². The van der Waals surface area contributed by atoms with Gasteiger partial charge in [-0.1, -0.05) is 29.3 Å². The van der Waals surface area contributed by atoms with E-state index in [4.69, 9.17) is 27.9 Å². The fourth-order valence-electron chi connectivity index (χ4n) is 4.60. The molecule has 8 nitrogen and oxygen atoms in total. The molecule has 2 heterocycles. The van der Waals surface area contributed by atoms with Gasteiger partial charge in [0.25, 0.3) is 0 Å². The number of hydrogen-bond acceptors (Lipinski definition) is 7. The van der Waals surface area contributed by atoms with E-state index in [1.807, 2.05) is 24.3 Å². The summed E-state index contributed by atoms with van der Waals surface area (Å²) in [6.07, 6.45) is 1.90. The number of aliphatic hydroxyl groups is 2. The second-order valence-electron chi connectivity index (χ2n) is 9.53. The molecule has 1 aromatic heterocycles. The van der Waals surface area contributed by atoms with Crippen molar-refractivity contribution in [2.75, 3.05) is 37.7 Å². The standard InChI is InChI=1S/C26H33Cl2N5O3/c1-19(2)31-9-11-32(12-10-31)21-4-6-23(7-5-21)36-15-22(34)14-26(35,16-33-18-29-17-30-33)24-8-3-20(27)13-25(24)28/h3-8,13,17-19,22,34-35H,9-12,14-16H2,1-2H3/t22-,26-/m1/s1. The Kier molecular flexibility index (Phi) is 8.74. The Morgan fingerprint density at radius 3 is 2.39 bits per heavy atom. The number of benzene rings is 2. The van der Waals surface area contributed by atoms with Crippen LogP contribution in [-0.4, -0.2) is 74.8 Å². The molecule has 0 radical (unpaired) electrons. The van der Waals surface area contributed by atoms with Crippen LogP contribution in [0.1, 0.15) is 25.8 Å². The van der Waals surface area contributed by atoms with E-state index < -0.39 is 11.7 Å². The van der Waals surface area contributed by atoms with E-state index in [0.717, 1.165) is 31.9 Å². The van der Waals surface area contributed by atoms with E-state index in [2.05, 4.69) is 33.7 Å². The number of ether oxygens (including phenoxy) is 1. The van der Waals surface area contributed by atoms with Crippen molar-refractivity contribution in [2.24, 2.45) is 0 Å². The summed E-state index contributed by atoms with van der Waals surface area (Å²) in [5.41, 5.74) is 0.0936. The number of piperazine rings is 1. The van der Waals surface area contributed by atoms with Crippen molar-refractivity contribution in [2.45, 2.75) is 44.6 Å². The number of aliphatic hydroxyl groups excluding tert-OH is 1. The van der Waals surface area contributed by atoms with Crippen LogP contribution >= 0.6 is 23.2 Å². The van der Waals surface area contributed by atoms with E-state index in [9.17, 15) is 10.2 Å². The molecule has 0 amide bonds. The first-order chi connectivity index (χ1) is 17.2. The summed E-state index contributed by atoms with van der Waals surface area (Å²) in [7, 11) is 0. The number of anilines is 1. The Hall–Kier alpha value is -2.36. The van der Waals surface area contributed by atoms with Gasteiger partial charge in [0.15, 0.2) is 0 Å². The zero-order valence-corrected chi connectivity index (χ0v) is 22.1. The van der Waals surface area contributed by atoms with Crippen LogP contribution in [0.3, 0.4) is 0 Å². The maximum atomic E-state index is 11.6. The Labute approximate surface area is 222 Å². The third kappa shape index (κ3) is 6.69. The molecule has 1 saturated heterocycles. The van der Waals surface area contributed by atoms with Gasteiger partial charge in [-0.3, -0.25) is 4.90 Å². The molecular weight excluding hydrogens is 501 g/mol. The van der Waals surface area contributed by atoms with Gasteiger partial charge in [0.05, 0.1) is 12.6 Å². The highest BCUT2D eigenvalue weighted by molar-refractivity contribution is 6.35. The topological polar surface area (TPSA) is 86.9 Å². The highest BCUT2D eigenvalue weighted by Crippen LogP contribution is 2.35. The monoisotopic (exact) mass is 533 g/mol. The highest BCUT2D eigenvalue weighted by Gasteiger charge is 2.35. The van der Waals surface area contributed by atoms with E-state index >= 15 is 0 Å². The van der Waals surface area contributed by atoms with Gasteiger partial charge in [-0.2, -0.15) is 5.10 Å². The van der Waals surface area contributed by atoms with Crippen molar-refractivity contribution in [3.63, 3.8) is 0 Å². The first-order valence-corrected chi connectivity index (χ1v) is 12.9. The zero-order chi connectivity index (χ0) is 25.7. The second kappa shape index (κ2) is 11.8. The van der Waals surface area contributed by atoms with Gasteiger partial charge < -0.3 is 19.8 Å². The van der Waals surface area contributed by atoms with E-state index in [0.29, 0.717) is 27.4 Å².